The molecule has 0 saturated carbocycles. The Morgan fingerprint density at radius 1 is 1.20 bits per heavy atom. The number of carbonyl (C=O) groups excluding carboxylic acids is 2. The zero-order valence-electron chi connectivity index (χ0n) is 16.9. The minimum Gasteiger partial charge on any atom is -0.465 e. The molecule has 2 N–H and O–H groups in total. The first-order chi connectivity index (χ1) is 14.5. The molecule has 0 radical (unpaired) electrons. The predicted molar refractivity (Wildman–Crippen MR) is 116 cm³/mol. The second-order valence-electron chi connectivity index (χ2n) is 6.96. The van der Waals surface area contributed by atoms with Crippen molar-refractivity contribution >= 4 is 35.1 Å². The van der Waals surface area contributed by atoms with E-state index in [9.17, 15) is 9.59 Å². The second kappa shape index (κ2) is 10.2. The van der Waals surface area contributed by atoms with Gasteiger partial charge in [0.25, 0.3) is 5.91 Å². The maximum Gasteiger partial charge on any atom is 0.337 e. The van der Waals surface area contributed by atoms with Crippen LogP contribution in [-0.4, -0.2) is 44.2 Å². The summed E-state index contributed by atoms with van der Waals surface area (Å²) in [5.74, 6) is -0.553. The summed E-state index contributed by atoms with van der Waals surface area (Å²) in [4.78, 5) is 28.8. The zero-order valence-corrected chi connectivity index (χ0v) is 17.7. The first-order valence-electron chi connectivity index (χ1n) is 9.65. The molecule has 1 heterocycles. The monoisotopic (exact) mass is 429 g/mol. The van der Waals surface area contributed by atoms with Crippen molar-refractivity contribution in [1.82, 2.24) is 5.32 Å². The quantitative estimate of drug-likeness (QED) is 0.428. The van der Waals surface area contributed by atoms with Gasteiger partial charge in [-0.25, -0.2) is 9.79 Å². The number of amides is 1. The van der Waals surface area contributed by atoms with E-state index in [4.69, 9.17) is 16.3 Å². The Morgan fingerprint density at radius 2 is 1.93 bits per heavy atom. The van der Waals surface area contributed by atoms with E-state index < -0.39 is 5.97 Å². The van der Waals surface area contributed by atoms with Crippen LogP contribution in [0.2, 0.25) is 5.02 Å². The Labute approximate surface area is 180 Å². The van der Waals surface area contributed by atoms with Gasteiger partial charge in [0.1, 0.15) is 0 Å². The number of carbonyl (C=O) groups is 2. The second-order valence-corrected chi connectivity index (χ2v) is 7.36. The number of anilines is 1. The summed E-state index contributed by atoms with van der Waals surface area (Å²) in [5, 5.41) is 6.40. The highest BCUT2D eigenvalue weighted by atomic mass is 35.5. The van der Waals surface area contributed by atoms with Crippen molar-refractivity contribution in [2.24, 2.45) is 4.99 Å². The molecule has 7 nitrogen and oxygen atoms in total. The average molecular weight is 430 g/mol. The molecule has 1 aliphatic heterocycles. The summed E-state index contributed by atoms with van der Waals surface area (Å²) in [6, 6.07) is 11.8. The lowest BCUT2D eigenvalue weighted by molar-refractivity contribution is 0.0600. The normalized spacial score (nSPS) is 16.2. The van der Waals surface area contributed by atoms with Gasteiger partial charge >= 0.3 is 5.97 Å². The number of benzene rings is 2. The van der Waals surface area contributed by atoms with Gasteiger partial charge in [-0.15, -0.1) is 0 Å². The van der Waals surface area contributed by atoms with Crippen molar-refractivity contribution in [3.05, 3.63) is 64.2 Å². The summed E-state index contributed by atoms with van der Waals surface area (Å²) >= 11 is 6.32. The molecule has 0 unspecified atom stereocenters. The maximum atomic E-state index is 12.7. The summed E-state index contributed by atoms with van der Waals surface area (Å²) < 4.78 is 10.3. The van der Waals surface area contributed by atoms with E-state index >= 15 is 0 Å². The van der Waals surface area contributed by atoms with Gasteiger partial charge in [0.2, 0.25) is 5.96 Å². The maximum absolute atomic E-state index is 12.7. The van der Waals surface area contributed by atoms with Gasteiger partial charge in [0.05, 0.1) is 36.0 Å². The molecule has 1 atom stereocenters. The molecule has 30 heavy (non-hydrogen) atoms. The van der Waals surface area contributed by atoms with Crippen molar-refractivity contribution in [2.75, 3.05) is 25.6 Å². The Balaban J connectivity index is 1.75. The molecule has 1 amide bonds. The summed E-state index contributed by atoms with van der Waals surface area (Å²) in [6.45, 7) is 3.10. The van der Waals surface area contributed by atoms with Crippen LogP contribution in [0.15, 0.2) is 47.5 Å². The van der Waals surface area contributed by atoms with E-state index in [2.05, 4.69) is 20.4 Å². The number of nitrogens with zero attached hydrogens (tertiary/aromatic N) is 1. The van der Waals surface area contributed by atoms with E-state index in [0.717, 1.165) is 25.0 Å². The summed E-state index contributed by atoms with van der Waals surface area (Å²) in [5.41, 5.74) is 2.41. The molecule has 2 aromatic rings. The minimum absolute atomic E-state index is 0.0338. The number of methoxy groups -OCH3 is 1. The Hall–Kier alpha value is -2.90. The number of halogens is 1. The van der Waals surface area contributed by atoms with Gasteiger partial charge in [0.15, 0.2) is 0 Å². The fourth-order valence-electron chi connectivity index (χ4n) is 3.00. The molecule has 1 fully saturated rings. The summed E-state index contributed by atoms with van der Waals surface area (Å²) in [7, 11) is 1.31. The molecule has 0 aliphatic carbocycles. The van der Waals surface area contributed by atoms with Crippen molar-refractivity contribution in [3.63, 3.8) is 0 Å². The molecule has 8 heteroatoms. The van der Waals surface area contributed by atoms with Gasteiger partial charge in [0, 0.05) is 12.2 Å². The molecule has 0 bridgehead atoms. The third kappa shape index (κ3) is 5.81. The van der Waals surface area contributed by atoms with Gasteiger partial charge in [-0.05, 0) is 61.7 Å². The first kappa shape index (κ1) is 21.8. The Kier molecular flexibility index (Phi) is 7.43. The van der Waals surface area contributed by atoms with Gasteiger partial charge in [-0.3, -0.25) is 10.1 Å². The number of ether oxygens (including phenoxy) is 2. The fourth-order valence-corrected chi connectivity index (χ4v) is 3.28. The third-order valence-electron chi connectivity index (χ3n) is 4.65. The van der Waals surface area contributed by atoms with Crippen LogP contribution >= 0.6 is 11.6 Å². The van der Waals surface area contributed by atoms with Crippen molar-refractivity contribution in [3.8, 4) is 0 Å². The van der Waals surface area contributed by atoms with Crippen LogP contribution in [0.4, 0.5) is 5.69 Å². The SMILES string of the molecule is COC(=O)c1ccc(C(=O)NC(=NC[C@@H]2CCCO2)Nc2ccc(C)cc2Cl)cc1. The number of rotatable bonds is 5. The Bertz CT molecular complexity index is 938. The molecule has 3 rings (SSSR count). The van der Waals surface area contributed by atoms with E-state index in [0.29, 0.717) is 28.4 Å². The standard InChI is InChI=1S/C22H24ClN3O4/c1-14-5-10-19(18(23)12-14)25-22(24-13-17-4-3-11-30-17)26-20(27)15-6-8-16(9-7-15)21(28)29-2/h5-10,12,17H,3-4,11,13H2,1-2H3,(H2,24,25,26,27)/t17-/m0/s1. The fraction of sp³-hybridized carbons (Fsp3) is 0.318. The van der Waals surface area contributed by atoms with E-state index in [-0.39, 0.29) is 18.0 Å². The van der Waals surface area contributed by atoms with Crippen LogP contribution in [0.5, 0.6) is 0 Å². The van der Waals surface area contributed by atoms with Crippen molar-refractivity contribution < 1.29 is 19.1 Å². The lowest BCUT2D eigenvalue weighted by Gasteiger charge is -2.14. The van der Waals surface area contributed by atoms with E-state index in [1.54, 1.807) is 12.1 Å². The number of nitrogens with one attached hydrogen (secondary N) is 2. The zero-order chi connectivity index (χ0) is 21.5. The van der Waals surface area contributed by atoms with Gasteiger partial charge < -0.3 is 14.8 Å². The number of guanidine groups is 1. The van der Waals surface area contributed by atoms with Crippen LogP contribution in [0, 0.1) is 6.92 Å². The van der Waals surface area contributed by atoms with E-state index in [1.807, 2.05) is 25.1 Å². The predicted octanol–water partition coefficient (Wildman–Crippen LogP) is 3.81. The topological polar surface area (TPSA) is 89.0 Å². The molecule has 0 aromatic heterocycles. The van der Waals surface area contributed by atoms with Crippen molar-refractivity contribution in [1.29, 1.82) is 0 Å². The molecule has 1 saturated heterocycles. The number of aliphatic imine (C=N–C) groups is 1. The van der Waals surface area contributed by atoms with Crippen LogP contribution in [0.3, 0.4) is 0 Å². The molecular formula is C22H24ClN3O4. The van der Waals surface area contributed by atoms with Crippen LogP contribution in [0.1, 0.15) is 39.1 Å². The third-order valence-corrected chi connectivity index (χ3v) is 4.97. The number of hydrogen-bond acceptors (Lipinski definition) is 5. The van der Waals surface area contributed by atoms with Crippen LogP contribution < -0.4 is 10.6 Å². The summed E-state index contributed by atoms with van der Waals surface area (Å²) in [6.07, 6.45) is 1.97. The first-order valence-corrected chi connectivity index (χ1v) is 10.0. The van der Waals surface area contributed by atoms with Crippen molar-refractivity contribution in [2.45, 2.75) is 25.9 Å². The number of aryl methyl sites for hydroxylation is 1. The van der Waals surface area contributed by atoms with Crippen LogP contribution in [0.25, 0.3) is 0 Å². The molecule has 2 aromatic carbocycles. The Morgan fingerprint density at radius 3 is 2.57 bits per heavy atom. The largest absolute Gasteiger partial charge is 0.465 e. The number of esters is 1. The van der Waals surface area contributed by atoms with Gasteiger partial charge in [-0.2, -0.15) is 0 Å². The average Bonchev–Trinajstić information content (AvgIpc) is 3.27. The highest BCUT2D eigenvalue weighted by molar-refractivity contribution is 6.34. The lowest BCUT2D eigenvalue weighted by atomic mass is 10.1. The molecule has 0 spiro atoms. The minimum atomic E-state index is -0.462. The molecule has 158 valence electrons. The molecular weight excluding hydrogens is 406 g/mol. The van der Waals surface area contributed by atoms with E-state index in [1.165, 1.54) is 19.2 Å². The van der Waals surface area contributed by atoms with Gasteiger partial charge in [-0.1, -0.05) is 17.7 Å². The molecule has 1 aliphatic rings. The highest BCUT2D eigenvalue weighted by Gasteiger charge is 2.17. The lowest BCUT2D eigenvalue weighted by Crippen LogP contribution is -2.36. The number of hydrogen-bond donors (Lipinski definition) is 2. The highest BCUT2D eigenvalue weighted by Crippen LogP contribution is 2.22. The smallest absolute Gasteiger partial charge is 0.337 e. The van der Waals surface area contributed by atoms with Crippen LogP contribution in [-0.2, 0) is 9.47 Å².